The van der Waals surface area contributed by atoms with Gasteiger partial charge in [-0.1, -0.05) is 13.8 Å². The lowest BCUT2D eigenvalue weighted by Crippen LogP contribution is -2.46. The van der Waals surface area contributed by atoms with Gasteiger partial charge in [-0.2, -0.15) is 0 Å². The van der Waals surface area contributed by atoms with Crippen molar-refractivity contribution < 1.29 is 13.5 Å². The molecule has 2 unspecified atom stereocenters. The largest absolute Gasteiger partial charge is 0.490 e. The van der Waals surface area contributed by atoms with Gasteiger partial charge in [-0.25, -0.2) is 8.78 Å². The Morgan fingerprint density at radius 3 is 2.56 bits per heavy atom. The van der Waals surface area contributed by atoms with Gasteiger partial charge in [0.15, 0.2) is 0 Å². The van der Waals surface area contributed by atoms with Gasteiger partial charge in [0.25, 0.3) is 0 Å². The predicted octanol–water partition coefficient (Wildman–Crippen LogP) is 3.37. The molecule has 0 amide bonds. The van der Waals surface area contributed by atoms with Crippen LogP contribution in [0.5, 0.6) is 0 Å². The zero-order valence-electron chi connectivity index (χ0n) is 15.1. The first-order valence-electron chi connectivity index (χ1n) is 8.46. The minimum Gasteiger partial charge on any atom is -0.490 e. The number of aromatic nitrogens is 1. The summed E-state index contributed by atoms with van der Waals surface area (Å²) in [6, 6.07) is 3.41. The lowest BCUT2D eigenvalue weighted by atomic mass is 9.88. The fourth-order valence-electron chi connectivity index (χ4n) is 3.13. The molecule has 4 nitrogen and oxygen atoms in total. The van der Waals surface area contributed by atoms with Crippen LogP contribution in [0.3, 0.4) is 0 Å². The quantitative estimate of drug-likeness (QED) is 0.754. The molecule has 0 saturated heterocycles. The smallest absolute Gasteiger partial charge is 0.140 e. The monoisotopic (exact) mass is 351 g/mol. The first-order chi connectivity index (χ1) is 11.8. The molecule has 1 aliphatic rings. The number of hydrogen-bond donors (Lipinski definition) is 2. The molecular formula is C19H27F2N3O. The second-order valence-corrected chi connectivity index (χ2v) is 7.32. The highest BCUT2D eigenvalue weighted by atomic mass is 19.1. The van der Waals surface area contributed by atoms with Gasteiger partial charge < -0.3 is 15.8 Å². The van der Waals surface area contributed by atoms with Crippen molar-refractivity contribution in [2.24, 2.45) is 11.7 Å². The Labute approximate surface area is 148 Å². The van der Waals surface area contributed by atoms with Crippen LogP contribution in [0.4, 0.5) is 8.78 Å². The van der Waals surface area contributed by atoms with Gasteiger partial charge in [-0.3, -0.25) is 4.98 Å². The van der Waals surface area contributed by atoms with Crippen molar-refractivity contribution in [1.29, 1.82) is 0 Å². The summed E-state index contributed by atoms with van der Waals surface area (Å²) in [5, 5.41) is 2.96. The maximum Gasteiger partial charge on any atom is 0.140 e. The number of nitrogens with zero attached hydrogens (tertiary/aromatic N) is 1. The van der Waals surface area contributed by atoms with E-state index in [4.69, 9.17) is 10.5 Å². The van der Waals surface area contributed by atoms with Crippen LogP contribution in [0.15, 0.2) is 48.1 Å². The Hall–Kier alpha value is -1.95. The van der Waals surface area contributed by atoms with Crippen LogP contribution in [0.25, 0.3) is 0 Å². The fourth-order valence-corrected chi connectivity index (χ4v) is 3.13. The van der Waals surface area contributed by atoms with Gasteiger partial charge in [0, 0.05) is 17.9 Å². The molecule has 0 bridgehead atoms. The molecule has 2 heterocycles. The highest BCUT2D eigenvalue weighted by molar-refractivity contribution is 5.38. The van der Waals surface area contributed by atoms with E-state index in [1.807, 2.05) is 6.92 Å². The second kappa shape index (κ2) is 7.95. The summed E-state index contributed by atoms with van der Waals surface area (Å²) in [4.78, 5) is 3.94. The van der Waals surface area contributed by atoms with Crippen molar-refractivity contribution in [3.63, 3.8) is 0 Å². The van der Waals surface area contributed by atoms with Crippen molar-refractivity contribution in [2.75, 3.05) is 20.0 Å². The van der Waals surface area contributed by atoms with E-state index >= 15 is 0 Å². The van der Waals surface area contributed by atoms with Gasteiger partial charge in [0.2, 0.25) is 0 Å². The molecule has 138 valence electrons. The zero-order valence-corrected chi connectivity index (χ0v) is 15.1. The molecule has 0 radical (unpaired) electrons. The minimum atomic E-state index is -1.11. The van der Waals surface area contributed by atoms with Crippen molar-refractivity contribution >= 4 is 0 Å². The molecule has 2 rings (SSSR count). The number of rotatable bonds is 8. The first kappa shape index (κ1) is 19.4. The maximum atomic E-state index is 13.8. The summed E-state index contributed by atoms with van der Waals surface area (Å²) in [7, 11) is 0. The van der Waals surface area contributed by atoms with Crippen molar-refractivity contribution in [1.82, 2.24) is 10.3 Å². The van der Waals surface area contributed by atoms with Gasteiger partial charge in [0.05, 0.1) is 5.70 Å². The summed E-state index contributed by atoms with van der Waals surface area (Å²) in [5.74, 6) is 0.792. The van der Waals surface area contributed by atoms with Crippen LogP contribution in [0, 0.1) is 5.92 Å². The van der Waals surface area contributed by atoms with Crippen molar-refractivity contribution in [3.8, 4) is 0 Å². The Morgan fingerprint density at radius 1 is 1.32 bits per heavy atom. The highest BCUT2D eigenvalue weighted by Gasteiger charge is 2.34. The van der Waals surface area contributed by atoms with Gasteiger partial charge in [-0.15, -0.1) is 0 Å². The Kier molecular flexibility index (Phi) is 6.16. The predicted molar refractivity (Wildman–Crippen MR) is 95.2 cm³/mol. The Morgan fingerprint density at radius 2 is 2.00 bits per heavy atom. The molecule has 1 aromatic rings. The molecule has 0 aliphatic carbocycles. The molecule has 2 atom stereocenters. The van der Waals surface area contributed by atoms with E-state index in [1.165, 1.54) is 0 Å². The highest BCUT2D eigenvalue weighted by Crippen LogP contribution is 2.30. The van der Waals surface area contributed by atoms with Crippen molar-refractivity contribution in [2.45, 2.75) is 38.3 Å². The summed E-state index contributed by atoms with van der Waals surface area (Å²) in [6.45, 7) is 4.84. The van der Waals surface area contributed by atoms with E-state index in [0.29, 0.717) is 17.2 Å². The average molecular weight is 351 g/mol. The number of nitrogens with two attached hydrogens (primary N) is 1. The lowest BCUT2D eigenvalue weighted by Gasteiger charge is -2.35. The standard InChI is InChI=1S/C19H27F2N3O/c1-14(2)10-18(3,22)13-25-17-4-7-19(12-21,24-16(17)11-20)15-5-8-23-9-6-15/h4-9,14,24H,10-13,22H2,1-3H3. The van der Waals surface area contributed by atoms with E-state index in [-0.39, 0.29) is 12.3 Å². The normalized spacial score (nSPS) is 22.7. The number of pyridine rings is 1. The number of ether oxygens (including phenoxy) is 1. The van der Waals surface area contributed by atoms with E-state index in [2.05, 4.69) is 24.1 Å². The molecule has 0 spiro atoms. The van der Waals surface area contributed by atoms with Gasteiger partial charge in [-0.05, 0) is 49.1 Å². The van der Waals surface area contributed by atoms with Crippen LogP contribution in [-0.2, 0) is 10.3 Å². The first-order valence-corrected chi connectivity index (χ1v) is 8.46. The van der Waals surface area contributed by atoms with E-state index in [1.54, 1.807) is 36.7 Å². The van der Waals surface area contributed by atoms with Gasteiger partial charge in [0.1, 0.15) is 31.3 Å². The Balaban J connectivity index is 2.16. The fraction of sp³-hybridized carbons (Fsp3) is 0.526. The summed E-state index contributed by atoms with van der Waals surface area (Å²) in [5.41, 5.74) is 5.51. The molecular weight excluding hydrogens is 324 g/mol. The van der Waals surface area contributed by atoms with Crippen LogP contribution in [0.1, 0.15) is 32.8 Å². The van der Waals surface area contributed by atoms with Gasteiger partial charge >= 0.3 is 0 Å². The molecule has 3 N–H and O–H groups in total. The third kappa shape index (κ3) is 4.78. The van der Waals surface area contributed by atoms with E-state index < -0.39 is 24.4 Å². The summed E-state index contributed by atoms with van der Waals surface area (Å²) < 4.78 is 33.1. The summed E-state index contributed by atoms with van der Waals surface area (Å²) >= 11 is 0. The van der Waals surface area contributed by atoms with E-state index in [0.717, 1.165) is 6.42 Å². The molecule has 25 heavy (non-hydrogen) atoms. The summed E-state index contributed by atoms with van der Waals surface area (Å²) in [6.07, 6.45) is 7.23. The molecule has 0 fully saturated rings. The van der Waals surface area contributed by atoms with Crippen LogP contribution < -0.4 is 11.1 Å². The van der Waals surface area contributed by atoms with Crippen LogP contribution >= 0.6 is 0 Å². The number of dihydropyridines is 1. The second-order valence-electron chi connectivity index (χ2n) is 7.32. The maximum absolute atomic E-state index is 13.8. The van der Waals surface area contributed by atoms with Crippen molar-refractivity contribution in [3.05, 3.63) is 53.7 Å². The minimum absolute atomic E-state index is 0.220. The number of hydrogen-bond acceptors (Lipinski definition) is 4. The SMILES string of the molecule is CC(C)CC(C)(N)COC1=C(CF)NC(CF)(c2ccncc2)C=C1. The molecule has 6 heteroatoms. The number of nitrogens with one attached hydrogen (secondary N) is 1. The molecule has 1 aromatic heterocycles. The zero-order chi connectivity index (χ0) is 18.5. The third-order valence-electron chi connectivity index (χ3n) is 4.16. The molecule has 0 aromatic carbocycles. The number of alkyl halides is 2. The topological polar surface area (TPSA) is 60.2 Å². The van der Waals surface area contributed by atoms with Crippen LogP contribution in [-0.4, -0.2) is 30.5 Å². The lowest BCUT2D eigenvalue weighted by molar-refractivity contribution is 0.138. The Bertz CT molecular complexity index is 629. The third-order valence-corrected chi connectivity index (χ3v) is 4.16. The van der Waals surface area contributed by atoms with E-state index in [9.17, 15) is 8.78 Å². The molecule has 0 saturated carbocycles. The number of halogens is 2. The average Bonchev–Trinajstić information content (AvgIpc) is 2.59. The van der Waals surface area contributed by atoms with Crippen LogP contribution in [0.2, 0.25) is 0 Å². The number of allylic oxidation sites excluding steroid dienone is 2. The molecule has 1 aliphatic heterocycles.